The number of urea groups is 1. The summed E-state index contributed by atoms with van der Waals surface area (Å²) in [5, 5.41) is 14.7. The van der Waals surface area contributed by atoms with Gasteiger partial charge in [-0.1, -0.05) is 13.3 Å². The number of amides is 2. The van der Waals surface area contributed by atoms with Crippen molar-refractivity contribution in [1.29, 1.82) is 0 Å². The second-order valence-corrected chi connectivity index (χ2v) is 6.59. The molecule has 3 N–H and O–H groups in total. The molecule has 0 bridgehead atoms. The van der Waals surface area contributed by atoms with Crippen LogP contribution in [0.3, 0.4) is 0 Å². The van der Waals surface area contributed by atoms with Crippen molar-refractivity contribution in [2.24, 2.45) is 5.92 Å². The molecule has 5 nitrogen and oxygen atoms in total. The Morgan fingerprint density at radius 1 is 1.45 bits per heavy atom. The molecule has 0 aromatic rings. The van der Waals surface area contributed by atoms with Gasteiger partial charge in [0, 0.05) is 25.2 Å². The van der Waals surface area contributed by atoms with Crippen molar-refractivity contribution in [3.63, 3.8) is 0 Å². The number of carbonyl (C=O) groups is 1. The highest BCUT2D eigenvalue weighted by Gasteiger charge is 2.31. The van der Waals surface area contributed by atoms with Crippen molar-refractivity contribution in [2.75, 3.05) is 26.2 Å². The summed E-state index contributed by atoms with van der Waals surface area (Å²) in [4.78, 5) is 14.1. The number of aliphatic hydroxyl groups is 1. The molecule has 118 valence electrons. The van der Waals surface area contributed by atoms with Crippen molar-refractivity contribution >= 4 is 6.03 Å². The van der Waals surface area contributed by atoms with Crippen LogP contribution in [-0.4, -0.2) is 53.9 Å². The molecule has 0 aliphatic carbocycles. The van der Waals surface area contributed by atoms with E-state index in [1.54, 1.807) is 6.92 Å². The van der Waals surface area contributed by atoms with Crippen LogP contribution in [0.1, 0.15) is 47.0 Å². The SMILES string of the molecule is CCC1CCCN(C(C)(C)CNC(=O)NC[C@@H](C)O)C1. The van der Waals surface area contributed by atoms with E-state index < -0.39 is 6.10 Å². The molecule has 0 spiro atoms. The highest BCUT2D eigenvalue weighted by molar-refractivity contribution is 5.73. The zero-order valence-corrected chi connectivity index (χ0v) is 13.4. The molecule has 2 amide bonds. The number of piperidine rings is 1. The smallest absolute Gasteiger partial charge is 0.314 e. The number of hydrogen-bond acceptors (Lipinski definition) is 3. The average Bonchev–Trinajstić information content (AvgIpc) is 2.43. The molecular weight excluding hydrogens is 254 g/mol. The maximum Gasteiger partial charge on any atom is 0.314 e. The van der Waals surface area contributed by atoms with E-state index in [0.717, 1.165) is 19.0 Å². The second kappa shape index (κ2) is 7.84. The summed E-state index contributed by atoms with van der Waals surface area (Å²) >= 11 is 0. The molecule has 1 rings (SSSR count). The van der Waals surface area contributed by atoms with Gasteiger partial charge in [-0.05, 0) is 46.1 Å². The number of rotatable bonds is 6. The van der Waals surface area contributed by atoms with E-state index in [0.29, 0.717) is 6.54 Å². The summed E-state index contributed by atoms with van der Waals surface area (Å²) in [6, 6.07) is -0.206. The number of carbonyl (C=O) groups excluding carboxylic acids is 1. The fourth-order valence-electron chi connectivity index (χ4n) is 2.66. The minimum absolute atomic E-state index is 0.0317. The van der Waals surface area contributed by atoms with Gasteiger partial charge in [0.15, 0.2) is 0 Å². The van der Waals surface area contributed by atoms with E-state index in [2.05, 4.69) is 36.3 Å². The van der Waals surface area contributed by atoms with E-state index in [1.165, 1.54) is 19.3 Å². The van der Waals surface area contributed by atoms with Gasteiger partial charge in [0.1, 0.15) is 0 Å². The minimum atomic E-state index is -0.513. The number of aliphatic hydroxyl groups excluding tert-OH is 1. The molecule has 1 unspecified atom stereocenters. The van der Waals surface area contributed by atoms with Gasteiger partial charge in [-0.2, -0.15) is 0 Å². The van der Waals surface area contributed by atoms with Gasteiger partial charge < -0.3 is 15.7 Å². The average molecular weight is 285 g/mol. The van der Waals surface area contributed by atoms with Gasteiger partial charge in [-0.25, -0.2) is 4.79 Å². The first kappa shape index (κ1) is 17.2. The Balaban J connectivity index is 2.38. The van der Waals surface area contributed by atoms with Gasteiger partial charge in [0.2, 0.25) is 0 Å². The fourth-order valence-corrected chi connectivity index (χ4v) is 2.66. The molecule has 0 radical (unpaired) electrons. The number of nitrogens with one attached hydrogen (secondary N) is 2. The summed E-state index contributed by atoms with van der Waals surface area (Å²) in [6.07, 6.45) is 3.29. The highest BCUT2D eigenvalue weighted by Crippen LogP contribution is 2.25. The lowest BCUT2D eigenvalue weighted by atomic mass is 9.91. The Morgan fingerprint density at radius 3 is 2.75 bits per heavy atom. The Morgan fingerprint density at radius 2 is 2.15 bits per heavy atom. The van der Waals surface area contributed by atoms with E-state index in [9.17, 15) is 4.79 Å². The number of likely N-dealkylation sites (tertiary alicyclic amines) is 1. The summed E-state index contributed by atoms with van der Waals surface area (Å²) in [5.41, 5.74) is -0.0317. The largest absolute Gasteiger partial charge is 0.392 e. The lowest BCUT2D eigenvalue weighted by molar-refractivity contribution is 0.0664. The van der Waals surface area contributed by atoms with Crippen LogP contribution >= 0.6 is 0 Å². The predicted molar refractivity (Wildman–Crippen MR) is 81.7 cm³/mol. The molecular formula is C15H31N3O2. The molecule has 20 heavy (non-hydrogen) atoms. The Kier molecular flexibility index (Phi) is 6.76. The maximum absolute atomic E-state index is 11.6. The van der Waals surface area contributed by atoms with Crippen molar-refractivity contribution in [3.05, 3.63) is 0 Å². The van der Waals surface area contributed by atoms with Gasteiger partial charge in [0.05, 0.1) is 6.10 Å². The van der Waals surface area contributed by atoms with Gasteiger partial charge in [-0.3, -0.25) is 4.90 Å². The Labute approximate surface area is 123 Å². The summed E-state index contributed by atoms with van der Waals surface area (Å²) in [5.74, 6) is 0.784. The van der Waals surface area contributed by atoms with Crippen LogP contribution in [-0.2, 0) is 0 Å². The van der Waals surface area contributed by atoms with E-state index >= 15 is 0 Å². The van der Waals surface area contributed by atoms with Crippen LogP contribution in [0.25, 0.3) is 0 Å². The minimum Gasteiger partial charge on any atom is -0.392 e. The Hall–Kier alpha value is -0.810. The topological polar surface area (TPSA) is 64.6 Å². The molecule has 1 aliphatic heterocycles. The van der Waals surface area contributed by atoms with Crippen LogP contribution in [0.4, 0.5) is 4.79 Å². The van der Waals surface area contributed by atoms with E-state index in [4.69, 9.17) is 5.11 Å². The fraction of sp³-hybridized carbons (Fsp3) is 0.933. The molecule has 5 heteroatoms. The zero-order chi connectivity index (χ0) is 15.2. The molecule has 1 fully saturated rings. The van der Waals surface area contributed by atoms with Gasteiger partial charge >= 0.3 is 6.03 Å². The number of nitrogens with zero attached hydrogens (tertiary/aromatic N) is 1. The number of hydrogen-bond donors (Lipinski definition) is 3. The Bertz CT molecular complexity index is 305. The zero-order valence-electron chi connectivity index (χ0n) is 13.4. The first-order valence-corrected chi connectivity index (χ1v) is 7.80. The second-order valence-electron chi connectivity index (χ2n) is 6.59. The third-order valence-corrected chi connectivity index (χ3v) is 4.19. The quantitative estimate of drug-likeness (QED) is 0.694. The standard InChI is InChI=1S/C15H31N3O2/c1-5-13-7-6-8-18(10-13)15(3,4)11-17-14(20)16-9-12(2)19/h12-13,19H,5-11H2,1-4H3,(H2,16,17,20)/t12-,13?/m1/s1. The summed E-state index contributed by atoms with van der Waals surface area (Å²) < 4.78 is 0. The third kappa shape index (κ3) is 5.67. The maximum atomic E-state index is 11.6. The van der Waals surface area contributed by atoms with E-state index in [1.807, 2.05) is 0 Å². The van der Waals surface area contributed by atoms with Crippen LogP contribution in [0.2, 0.25) is 0 Å². The molecule has 1 aliphatic rings. The van der Waals surface area contributed by atoms with Crippen LogP contribution in [0, 0.1) is 5.92 Å². The third-order valence-electron chi connectivity index (χ3n) is 4.19. The highest BCUT2D eigenvalue weighted by atomic mass is 16.3. The van der Waals surface area contributed by atoms with Crippen LogP contribution in [0.5, 0.6) is 0 Å². The van der Waals surface area contributed by atoms with Gasteiger partial charge in [-0.15, -0.1) is 0 Å². The molecule has 0 aromatic heterocycles. The molecule has 0 saturated carbocycles. The molecule has 1 heterocycles. The summed E-state index contributed by atoms with van der Waals surface area (Å²) in [7, 11) is 0. The van der Waals surface area contributed by atoms with Crippen LogP contribution in [0.15, 0.2) is 0 Å². The normalized spacial score (nSPS) is 22.4. The lowest BCUT2D eigenvalue weighted by Crippen LogP contribution is -2.56. The van der Waals surface area contributed by atoms with Crippen LogP contribution < -0.4 is 10.6 Å². The monoisotopic (exact) mass is 285 g/mol. The first-order chi connectivity index (χ1) is 9.35. The molecule has 1 saturated heterocycles. The molecule has 0 aromatic carbocycles. The first-order valence-electron chi connectivity index (χ1n) is 7.80. The van der Waals surface area contributed by atoms with Gasteiger partial charge in [0.25, 0.3) is 0 Å². The van der Waals surface area contributed by atoms with Crippen molar-refractivity contribution in [1.82, 2.24) is 15.5 Å². The van der Waals surface area contributed by atoms with Crippen molar-refractivity contribution < 1.29 is 9.90 Å². The molecule has 2 atom stereocenters. The lowest BCUT2D eigenvalue weighted by Gasteiger charge is -2.43. The summed E-state index contributed by atoms with van der Waals surface area (Å²) in [6.45, 7) is 11.4. The predicted octanol–water partition coefficient (Wildman–Crippen LogP) is 1.57. The van der Waals surface area contributed by atoms with Crippen molar-refractivity contribution in [2.45, 2.75) is 58.6 Å². The van der Waals surface area contributed by atoms with Crippen molar-refractivity contribution in [3.8, 4) is 0 Å². The van der Waals surface area contributed by atoms with E-state index in [-0.39, 0.29) is 18.1 Å².